The Kier molecular flexibility index (Phi) is 10.8. The Bertz CT molecular complexity index is 851. The fourth-order valence-electron chi connectivity index (χ4n) is 4.68. The van der Waals surface area contributed by atoms with Gasteiger partial charge in [0.2, 0.25) is 0 Å². The molecule has 1 saturated heterocycles. The monoisotopic (exact) mass is 520 g/mol. The van der Waals surface area contributed by atoms with Crippen molar-refractivity contribution >= 4 is 6.09 Å². The molecule has 0 radical (unpaired) electrons. The Morgan fingerprint density at radius 1 is 1.08 bits per heavy atom. The largest absolute Gasteiger partial charge is 0.493 e. The molecule has 8 nitrogen and oxygen atoms in total. The molecule has 0 spiro atoms. The second-order valence-corrected chi connectivity index (χ2v) is 11.7. The molecule has 0 aromatic heterocycles. The van der Waals surface area contributed by atoms with Crippen LogP contribution in [0.5, 0.6) is 17.2 Å². The van der Waals surface area contributed by atoms with Gasteiger partial charge < -0.3 is 33.9 Å². The summed E-state index contributed by atoms with van der Waals surface area (Å²) in [5, 5.41) is 3.68. The van der Waals surface area contributed by atoms with E-state index in [1.54, 1.807) is 14.2 Å². The lowest BCUT2D eigenvalue weighted by Crippen LogP contribution is -2.36. The van der Waals surface area contributed by atoms with Crippen LogP contribution in [0.3, 0.4) is 0 Å². The Balaban J connectivity index is 1.68. The molecule has 210 valence electrons. The molecule has 1 amide bonds. The molecule has 3 atom stereocenters. The molecule has 1 aromatic carbocycles. The van der Waals surface area contributed by atoms with E-state index in [1.165, 1.54) is 12.8 Å². The first-order chi connectivity index (χ1) is 17.6. The van der Waals surface area contributed by atoms with Crippen molar-refractivity contribution in [2.24, 2.45) is 17.8 Å². The average molecular weight is 521 g/mol. The number of ether oxygens (including phenoxy) is 5. The van der Waals surface area contributed by atoms with Crippen LogP contribution < -0.4 is 19.5 Å². The molecule has 37 heavy (non-hydrogen) atoms. The zero-order chi connectivity index (χ0) is 27.0. The van der Waals surface area contributed by atoms with E-state index in [9.17, 15) is 4.79 Å². The van der Waals surface area contributed by atoms with Crippen molar-refractivity contribution in [2.45, 2.75) is 78.0 Å². The molecule has 1 aromatic rings. The number of hydrogen-bond acceptors (Lipinski definition) is 7. The van der Waals surface area contributed by atoms with E-state index in [1.807, 2.05) is 43.9 Å². The van der Waals surface area contributed by atoms with Crippen LogP contribution in [-0.4, -0.2) is 75.8 Å². The van der Waals surface area contributed by atoms with Gasteiger partial charge in [-0.15, -0.1) is 0 Å². The van der Waals surface area contributed by atoms with Crippen molar-refractivity contribution < 1.29 is 28.5 Å². The third kappa shape index (κ3) is 9.56. The fourth-order valence-corrected chi connectivity index (χ4v) is 4.68. The normalized spacial score (nSPS) is 20.7. The Labute approximate surface area is 223 Å². The zero-order valence-corrected chi connectivity index (χ0v) is 23.9. The first-order valence-corrected chi connectivity index (χ1v) is 13.8. The molecule has 8 heteroatoms. The first kappa shape index (κ1) is 29.4. The van der Waals surface area contributed by atoms with Gasteiger partial charge in [0, 0.05) is 51.9 Å². The van der Waals surface area contributed by atoms with Gasteiger partial charge in [0.05, 0.1) is 13.7 Å². The molecule has 1 aliphatic heterocycles. The van der Waals surface area contributed by atoms with Gasteiger partial charge >= 0.3 is 6.09 Å². The molecule has 1 N–H and O–H groups in total. The maximum Gasteiger partial charge on any atom is 0.410 e. The molecule has 1 aliphatic carbocycles. The Hall–Kier alpha value is -2.19. The fraction of sp³-hybridized carbons (Fsp3) is 0.759. The van der Waals surface area contributed by atoms with Gasteiger partial charge in [0.15, 0.2) is 11.5 Å². The highest BCUT2D eigenvalue weighted by molar-refractivity contribution is 5.68. The zero-order valence-electron chi connectivity index (χ0n) is 23.9. The predicted octanol–water partition coefficient (Wildman–Crippen LogP) is 5.14. The standard InChI is InChI=1S/C29H48N2O6/c1-20(2)26(36-24-11-12-25(34-7)27(16-24)35-14-8-13-33-6)15-21-18-31(28(32)37-29(3,4)5)19-22(21)17-30-23-9-10-23/h11-12,16,20-23,26,30H,8-10,13-15,17-19H2,1-7H3/t21?,22?,26-/m0/s1. The SMILES string of the molecule is COCCCOc1cc(O[C@@H](CC2CN(C(=O)OC(C)(C)C)CC2CNC2CC2)C(C)C)ccc1OC. The number of benzene rings is 1. The van der Waals surface area contributed by atoms with Crippen LogP contribution >= 0.6 is 0 Å². The van der Waals surface area contributed by atoms with Gasteiger partial charge in [0.1, 0.15) is 17.5 Å². The number of hydrogen-bond donors (Lipinski definition) is 1. The predicted molar refractivity (Wildman–Crippen MR) is 145 cm³/mol. The van der Waals surface area contributed by atoms with E-state index in [-0.39, 0.29) is 12.2 Å². The number of amides is 1. The lowest BCUT2D eigenvalue weighted by atomic mass is 9.87. The summed E-state index contributed by atoms with van der Waals surface area (Å²) in [5.74, 6) is 3.11. The topological polar surface area (TPSA) is 78.5 Å². The molecule has 3 rings (SSSR count). The average Bonchev–Trinajstić information content (AvgIpc) is 3.58. The van der Waals surface area contributed by atoms with Crippen molar-refractivity contribution in [1.82, 2.24) is 10.2 Å². The van der Waals surface area contributed by atoms with E-state index in [4.69, 9.17) is 23.7 Å². The molecular formula is C29H48N2O6. The summed E-state index contributed by atoms with van der Waals surface area (Å²) >= 11 is 0. The molecule has 1 saturated carbocycles. The van der Waals surface area contributed by atoms with E-state index in [0.29, 0.717) is 61.6 Å². The highest BCUT2D eigenvalue weighted by atomic mass is 16.6. The number of nitrogens with one attached hydrogen (secondary N) is 1. The summed E-state index contributed by atoms with van der Waals surface area (Å²) in [6.45, 7) is 13.6. The molecular weight excluding hydrogens is 472 g/mol. The van der Waals surface area contributed by atoms with E-state index in [2.05, 4.69) is 19.2 Å². The Morgan fingerprint density at radius 3 is 2.43 bits per heavy atom. The van der Waals surface area contributed by atoms with Crippen LogP contribution in [0.2, 0.25) is 0 Å². The van der Waals surface area contributed by atoms with Gasteiger partial charge in [-0.2, -0.15) is 0 Å². The molecule has 2 unspecified atom stereocenters. The van der Waals surface area contributed by atoms with Crippen molar-refractivity contribution in [3.63, 3.8) is 0 Å². The summed E-state index contributed by atoms with van der Waals surface area (Å²) in [7, 11) is 3.33. The quantitative estimate of drug-likeness (QED) is 0.340. The minimum atomic E-state index is -0.502. The molecule has 1 heterocycles. The van der Waals surface area contributed by atoms with E-state index in [0.717, 1.165) is 25.1 Å². The number of methoxy groups -OCH3 is 2. The summed E-state index contributed by atoms with van der Waals surface area (Å²) in [4.78, 5) is 14.7. The highest BCUT2D eigenvalue weighted by Crippen LogP contribution is 2.35. The van der Waals surface area contributed by atoms with Crippen LogP contribution in [0.4, 0.5) is 4.79 Å². The molecule has 2 fully saturated rings. The lowest BCUT2D eigenvalue weighted by molar-refractivity contribution is 0.0279. The van der Waals surface area contributed by atoms with Crippen molar-refractivity contribution in [3.05, 3.63) is 18.2 Å². The maximum absolute atomic E-state index is 12.9. The van der Waals surface area contributed by atoms with Crippen LogP contribution in [0.15, 0.2) is 18.2 Å². The van der Waals surface area contributed by atoms with Crippen molar-refractivity contribution in [2.75, 3.05) is 47.1 Å². The van der Waals surface area contributed by atoms with Crippen LogP contribution in [0, 0.1) is 17.8 Å². The van der Waals surface area contributed by atoms with Gasteiger partial charge in [-0.05, 0) is 69.9 Å². The second-order valence-electron chi connectivity index (χ2n) is 11.7. The minimum absolute atomic E-state index is 0.00162. The number of rotatable bonds is 14. The van der Waals surface area contributed by atoms with Crippen LogP contribution in [-0.2, 0) is 9.47 Å². The maximum atomic E-state index is 12.9. The lowest BCUT2D eigenvalue weighted by Gasteiger charge is -2.28. The summed E-state index contributed by atoms with van der Waals surface area (Å²) < 4.78 is 28.8. The van der Waals surface area contributed by atoms with Gasteiger partial charge in [0.25, 0.3) is 0 Å². The van der Waals surface area contributed by atoms with E-state index < -0.39 is 5.60 Å². The van der Waals surface area contributed by atoms with Crippen molar-refractivity contribution in [3.8, 4) is 17.2 Å². The summed E-state index contributed by atoms with van der Waals surface area (Å²) in [6, 6.07) is 6.37. The van der Waals surface area contributed by atoms with Crippen LogP contribution in [0.25, 0.3) is 0 Å². The first-order valence-electron chi connectivity index (χ1n) is 13.8. The smallest absolute Gasteiger partial charge is 0.410 e. The van der Waals surface area contributed by atoms with Gasteiger partial charge in [-0.25, -0.2) is 4.79 Å². The number of likely N-dealkylation sites (tertiary alicyclic amines) is 1. The van der Waals surface area contributed by atoms with Gasteiger partial charge in [-0.1, -0.05) is 13.8 Å². The highest BCUT2D eigenvalue weighted by Gasteiger charge is 2.39. The molecule has 0 bridgehead atoms. The summed E-state index contributed by atoms with van der Waals surface area (Å²) in [5.41, 5.74) is -0.502. The van der Waals surface area contributed by atoms with Gasteiger partial charge in [-0.3, -0.25) is 0 Å². The van der Waals surface area contributed by atoms with E-state index >= 15 is 0 Å². The number of carbonyl (C=O) groups is 1. The second kappa shape index (κ2) is 13.6. The third-order valence-electron chi connectivity index (χ3n) is 6.93. The minimum Gasteiger partial charge on any atom is -0.493 e. The van der Waals surface area contributed by atoms with Crippen molar-refractivity contribution in [1.29, 1.82) is 0 Å². The summed E-state index contributed by atoms with van der Waals surface area (Å²) in [6.07, 6.45) is 3.94. The number of nitrogens with zero attached hydrogens (tertiary/aromatic N) is 1. The molecule has 2 aliphatic rings. The third-order valence-corrected chi connectivity index (χ3v) is 6.93. The number of carbonyl (C=O) groups excluding carboxylic acids is 1. The van der Waals surface area contributed by atoms with Crippen LogP contribution in [0.1, 0.15) is 60.3 Å². The Morgan fingerprint density at radius 2 is 1.81 bits per heavy atom.